The van der Waals surface area contributed by atoms with E-state index in [0.717, 1.165) is 64.7 Å². The van der Waals surface area contributed by atoms with Gasteiger partial charge >= 0.3 is 0 Å². The van der Waals surface area contributed by atoms with Crippen LogP contribution >= 0.6 is 0 Å². The number of methoxy groups -OCH3 is 1. The lowest BCUT2D eigenvalue weighted by atomic mass is 9.91. The number of nitrogens with zero attached hydrogens (tertiary/aromatic N) is 4. The predicted molar refractivity (Wildman–Crippen MR) is 124 cm³/mol. The molecular weight excluding hydrogens is 424 g/mol. The molecule has 1 aliphatic carbocycles. The first-order chi connectivity index (χ1) is 16.1. The highest BCUT2D eigenvalue weighted by atomic mass is 16.5. The minimum Gasteiger partial charge on any atom is -0.381 e. The fraction of sp³-hybridized carbons (Fsp3) is 0.739. The van der Waals surface area contributed by atoms with Crippen molar-refractivity contribution in [2.75, 3.05) is 44.7 Å². The van der Waals surface area contributed by atoms with Gasteiger partial charge < -0.3 is 15.0 Å². The van der Waals surface area contributed by atoms with Gasteiger partial charge in [0, 0.05) is 64.7 Å². The van der Waals surface area contributed by atoms with Crippen LogP contribution in [0.2, 0.25) is 0 Å². The van der Waals surface area contributed by atoms with E-state index >= 15 is 0 Å². The number of rotatable bonds is 11. The second-order valence-electron chi connectivity index (χ2n) is 8.92. The minimum atomic E-state index is -0.363. The predicted octanol–water partition coefficient (Wildman–Crippen LogP) is 1.74. The van der Waals surface area contributed by atoms with Crippen LogP contribution in [0.3, 0.4) is 0 Å². The smallest absolute Gasteiger partial charge is 0.254 e. The van der Waals surface area contributed by atoms with Crippen LogP contribution in [0.4, 0.5) is 5.95 Å². The van der Waals surface area contributed by atoms with Crippen LogP contribution in [0.15, 0.2) is 12.4 Å². The van der Waals surface area contributed by atoms with Gasteiger partial charge in [-0.05, 0) is 38.5 Å². The van der Waals surface area contributed by atoms with Crippen molar-refractivity contribution >= 4 is 17.8 Å². The number of carbonyl (C=O) groups is 2. The molecule has 2 amide bonds. The van der Waals surface area contributed by atoms with E-state index in [9.17, 15) is 9.59 Å². The van der Waals surface area contributed by atoms with Crippen molar-refractivity contribution in [1.29, 1.82) is 0 Å². The molecule has 0 aromatic carbocycles. The number of nitrogens with one attached hydrogen (secondary N) is 2. The fourth-order valence-electron chi connectivity index (χ4n) is 4.66. The third-order valence-corrected chi connectivity index (χ3v) is 6.73. The van der Waals surface area contributed by atoms with Crippen LogP contribution in [-0.2, 0) is 9.53 Å². The maximum Gasteiger partial charge on any atom is 0.254 e. The molecule has 1 saturated carbocycles. The van der Waals surface area contributed by atoms with Gasteiger partial charge in [-0.25, -0.2) is 15.4 Å². The third kappa shape index (κ3) is 7.90. The lowest BCUT2D eigenvalue weighted by Crippen LogP contribution is -2.51. The van der Waals surface area contributed by atoms with Crippen LogP contribution in [-0.4, -0.2) is 83.9 Å². The molecule has 0 radical (unpaired) electrons. The Bertz CT molecular complexity index is 731. The number of carbonyl (C=O) groups excluding carboxylic acids is 2. The molecule has 1 saturated heterocycles. The van der Waals surface area contributed by atoms with Gasteiger partial charge in [0.05, 0.1) is 11.7 Å². The maximum absolute atomic E-state index is 12.3. The summed E-state index contributed by atoms with van der Waals surface area (Å²) in [6, 6.07) is 0.658. The number of amides is 2. The van der Waals surface area contributed by atoms with E-state index in [1.165, 1.54) is 12.8 Å². The Morgan fingerprint density at radius 2 is 1.70 bits per heavy atom. The second kappa shape index (κ2) is 13.4. The first-order valence-corrected chi connectivity index (χ1v) is 12.2. The summed E-state index contributed by atoms with van der Waals surface area (Å²) >= 11 is 0. The normalized spacial score (nSPS) is 21.6. The number of hydroxylamine groups is 1. The summed E-state index contributed by atoms with van der Waals surface area (Å²) in [7, 11) is 1.81. The molecule has 10 nitrogen and oxygen atoms in total. The number of ether oxygens (including phenoxy) is 1. The van der Waals surface area contributed by atoms with Gasteiger partial charge in [0.1, 0.15) is 0 Å². The molecule has 0 bridgehead atoms. The number of piperazine rings is 1. The number of aromatic nitrogens is 2. The van der Waals surface area contributed by atoms with Crippen LogP contribution in [0.25, 0.3) is 0 Å². The number of anilines is 1. The van der Waals surface area contributed by atoms with E-state index in [-0.39, 0.29) is 11.8 Å². The summed E-state index contributed by atoms with van der Waals surface area (Å²) in [5.41, 5.74) is 2.09. The minimum absolute atomic E-state index is 0.169. The van der Waals surface area contributed by atoms with Crippen molar-refractivity contribution in [1.82, 2.24) is 25.7 Å². The molecule has 2 fully saturated rings. The molecule has 184 valence electrons. The molecule has 0 atom stereocenters. The van der Waals surface area contributed by atoms with Gasteiger partial charge in [-0.15, -0.1) is 0 Å². The molecule has 3 rings (SSSR count). The highest BCUT2D eigenvalue weighted by Crippen LogP contribution is 2.26. The Morgan fingerprint density at radius 3 is 2.33 bits per heavy atom. The highest BCUT2D eigenvalue weighted by molar-refractivity contribution is 5.93. The zero-order valence-electron chi connectivity index (χ0n) is 19.7. The van der Waals surface area contributed by atoms with Gasteiger partial charge in [-0.1, -0.05) is 12.8 Å². The van der Waals surface area contributed by atoms with Gasteiger partial charge in [0.2, 0.25) is 11.9 Å². The third-order valence-electron chi connectivity index (χ3n) is 6.73. The van der Waals surface area contributed by atoms with Crippen molar-refractivity contribution in [3.8, 4) is 0 Å². The second-order valence-corrected chi connectivity index (χ2v) is 8.92. The van der Waals surface area contributed by atoms with Gasteiger partial charge in [0.25, 0.3) is 5.91 Å². The van der Waals surface area contributed by atoms with Gasteiger partial charge in [-0.3, -0.25) is 19.7 Å². The fourth-order valence-corrected chi connectivity index (χ4v) is 4.66. The average molecular weight is 463 g/mol. The van der Waals surface area contributed by atoms with Crippen molar-refractivity contribution in [2.24, 2.45) is 0 Å². The first-order valence-electron chi connectivity index (χ1n) is 12.2. The van der Waals surface area contributed by atoms with E-state index in [1.807, 2.05) is 7.11 Å². The van der Waals surface area contributed by atoms with E-state index in [2.05, 4.69) is 25.1 Å². The van der Waals surface area contributed by atoms with Crippen LogP contribution in [0, 0.1) is 0 Å². The molecule has 10 heteroatoms. The van der Waals surface area contributed by atoms with Crippen molar-refractivity contribution in [3.05, 3.63) is 18.0 Å². The van der Waals surface area contributed by atoms with E-state index in [4.69, 9.17) is 9.94 Å². The molecule has 33 heavy (non-hydrogen) atoms. The Labute approximate surface area is 196 Å². The number of hydrogen-bond donors (Lipinski definition) is 3. The molecule has 2 heterocycles. The molecule has 0 spiro atoms. The molecule has 2 aliphatic rings. The van der Waals surface area contributed by atoms with Crippen molar-refractivity contribution < 1.29 is 19.5 Å². The summed E-state index contributed by atoms with van der Waals surface area (Å²) in [6.45, 7) is 4.39. The van der Waals surface area contributed by atoms with Crippen molar-refractivity contribution in [3.63, 3.8) is 0 Å². The maximum atomic E-state index is 12.3. The Morgan fingerprint density at radius 1 is 1.03 bits per heavy atom. The molecule has 1 aromatic rings. The standard InChI is InChI=1S/C23H38N6O4/c1-33-20-9-7-19(8-10-20)28-12-14-29(15-13-28)23-25-16-18(17-26-23)22(31)24-11-5-3-2-4-6-21(30)27-32/h16-17,19-20,32H,2-15H2,1H3,(H,24,31)(H,27,30). The monoisotopic (exact) mass is 462 g/mol. The summed E-state index contributed by atoms with van der Waals surface area (Å²) in [4.78, 5) is 36.9. The van der Waals surface area contributed by atoms with E-state index in [1.54, 1.807) is 17.9 Å². The largest absolute Gasteiger partial charge is 0.381 e. The number of hydrogen-bond acceptors (Lipinski definition) is 8. The summed E-state index contributed by atoms with van der Waals surface area (Å²) < 4.78 is 5.49. The molecule has 3 N–H and O–H groups in total. The first kappa shape index (κ1) is 25.3. The molecule has 1 aliphatic heterocycles. The summed E-state index contributed by atoms with van der Waals surface area (Å²) in [6.07, 6.45) is 12.0. The topological polar surface area (TPSA) is 120 Å². The molecule has 0 unspecified atom stereocenters. The van der Waals surface area contributed by atoms with Gasteiger partial charge in [-0.2, -0.15) is 0 Å². The Balaban J connectivity index is 1.33. The van der Waals surface area contributed by atoms with Crippen LogP contribution in [0.1, 0.15) is 68.1 Å². The summed E-state index contributed by atoms with van der Waals surface area (Å²) in [5.74, 6) is 0.150. The van der Waals surface area contributed by atoms with Crippen molar-refractivity contribution in [2.45, 2.75) is 69.9 Å². The average Bonchev–Trinajstić information content (AvgIpc) is 2.88. The zero-order valence-corrected chi connectivity index (χ0v) is 19.7. The van der Waals surface area contributed by atoms with Crippen LogP contribution < -0.4 is 15.7 Å². The molecule has 1 aromatic heterocycles. The Kier molecular flexibility index (Phi) is 10.3. The SMILES string of the molecule is COC1CCC(N2CCN(c3ncc(C(=O)NCCCCCCC(=O)NO)cn3)CC2)CC1. The highest BCUT2D eigenvalue weighted by Gasteiger charge is 2.28. The molecular formula is C23H38N6O4. The lowest BCUT2D eigenvalue weighted by Gasteiger charge is -2.41. The summed E-state index contributed by atoms with van der Waals surface area (Å²) in [5, 5.41) is 11.3. The zero-order chi connectivity index (χ0) is 23.5. The number of unbranched alkanes of at least 4 members (excludes halogenated alkanes) is 3. The lowest BCUT2D eigenvalue weighted by molar-refractivity contribution is -0.129. The van der Waals surface area contributed by atoms with E-state index in [0.29, 0.717) is 36.6 Å². The van der Waals surface area contributed by atoms with Gasteiger partial charge in [0.15, 0.2) is 0 Å². The van der Waals surface area contributed by atoms with E-state index < -0.39 is 0 Å². The van der Waals surface area contributed by atoms with Crippen LogP contribution in [0.5, 0.6) is 0 Å². The Hall–Kier alpha value is -2.30. The quantitative estimate of drug-likeness (QED) is 0.258.